The lowest BCUT2D eigenvalue weighted by Gasteiger charge is -2.35. The molecular weight excluding hydrogens is 270 g/mol. The standard InChI is InChI=1S/C19H25N3/c1-4-16-6-5-11-22(13-16)19-10-8-17(12-14(19)2)18-9-7-15(3)20-21-18/h7-10,12,16,20H,3-6,11,13H2,1-2H3. The lowest BCUT2D eigenvalue weighted by atomic mass is 9.94. The molecule has 2 aliphatic heterocycles. The maximum absolute atomic E-state index is 4.36. The first-order chi connectivity index (χ1) is 10.7. The summed E-state index contributed by atoms with van der Waals surface area (Å²) in [6.07, 6.45) is 7.94. The van der Waals surface area contributed by atoms with Gasteiger partial charge in [0.25, 0.3) is 0 Å². The van der Waals surface area contributed by atoms with Crippen molar-refractivity contribution >= 4 is 11.4 Å². The Morgan fingerprint density at radius 3 is 2.91 bits per heavy atom. The summed E-state index contributed by atoms with van der Waals surface area (Å²) < 4.78 is 0. The molecule has 0 aromatic heterocycles. The molecule has 3 heteroatoms. The number of allylic oxidation sites excluding steroid dienone is 2. The molecule has 0 saturated carbocycles. The third kappa shape index (κ3) is 3.08. The third-order valence-corrected chi connectivity index (χ3v) is 4.69. The van der Waals surface area contributed by atoms with E-state index < -0.39 is 0 Å². The van der Waals surface area contributed by atoms with E-state index in [2.05, 4.69) is 54.1 Å². The van der Waals surface area contributed by atoms with Crippen molar-refractivity contribution in [1.82, 2.24) is 5.43 Å². The van der Waals surface area contributed by atoms with Gasteiger partial charge in [-0.05, 0) is 55.5 Å². The fraction of sp³-hybridized carbons (Fsp3) is 0.421. The Bertz CT molecular complexity index is 628. The van der Waals surface area contributed by atoms with Crippen LogP contribution in [0.25, 0.3) is 0 Å². The first-order valence-corrected chi connectivity index (χ1v) is 8.24. The molecule has 2 aliphatic rings. The van der Waals surface area contributed by atoms with E-state index in [1.165, 1.54) is 43.6 Å². The number of rotatable bonds is 3. The van der Waals surface area contributed by atoms with Gasteiger partial charge in [-0.25, -0.2) is 0 Å². The number of anilines is 1. The van der Waals surface area contributed by atoms with E-state index in [0.717, 1.165) is 22.9 Å². The van der Waals surface area contributed by atoms with Crippen molar-refractivity contribution in [2.24, 2.45) is 11.0 Å². The smallest absolute Gasteiger partial charge is 0.0906 e. The molecule has 1 unspecified atom stereocenters. The van der Waals surface area contributed by atoms with E-state index in [1.54, 1.807) is 0 Å². The van der Waals surface area contributed by atoms with Crippen molar-refractivity contribution in [1.29, 1.82) is 0 Å². The van der Waals surface area contributed by atoms with Crippen LogP contribution in [0.3, 0.4) is 0 Å². The maximum atomic E-state index is 4.36. The van der Waals surface area contributed by atoms with Crippen molar-refractivity contribution in [3.63, 3.8) is 0 Å². The number of hydrogen-bond acceptors (Lipinski definition) is 3. The zero-order chi connectivity index (χ0) is 15.5. The lowest BCUT2D eigenvalue weighted by molar-refractivity contribution is 0.404. The second-order valence-corrected chi connectivity index (χ2v) is 6.33. The second-order valence-electron chi connectivity index (χ2n) is 6.33. The SMILES string of the molecule is C=C1C=CC(c2ccc(N3CCCC(CC)C3)c(C)c2)=NN1. The Balaban J connectivity index is 1.80. The predicted molar refractivity (Wildman–Crippen MR) is 94.4 cm³/mol. The van der Waals surface area contributed by atoms with Crippen molar-refractivity contribution in [3.05, 3.63) is 53.8 Å². The first kappa shape index (κ1) is 14.9. The molecule has 1 aromatic carbocycles. The summed E-state index contributed by atoms with van der Waals surface area (Å²) in [6, 6.07) is 6.67. The molecule has 3 rings (SSSR count). The Hall–Kier alpha value is -2.03. The summed E-state index contributed by atoms with van der Waals surface area (Å²) in [5, 5.41) is 4.36. The molecular formula is C19H25N3. The number of hydrazone groups is 1. The van der Waals surface area contributed by atoms with Crippen LogP contribution >= 0.6 is 0 Å². The Kier molecular flexibility index (Phi) is 4.32. The minimum Gasteiger partial charge on any atom is -0.371 e. The van der Waals surface area contributed by atoms with Crippen molar-refractivity contribution in [3.8, 4) is 0 Å². The van der Waals surface area contributed by atoms with Crippen LogP contribution < -0.4 is 10.3 Å². The molecule has 0 radical (unpaired) electrons. The van der Waals surface area contributed by atoms with Gasteiger partial charge in [0.2, 0.25) is 0 Å². The van der Waals surface area contributed by atoms with E-state index in [0.29, 0.717) is 0 Å². The zero-order valence-corrected chi connectivity index (χ0v) is 13.6. The van der Waals surface area contributed by atoms with Gasteiger partial charge in [-0.1, -0.05) is 26.0 Å². The Morgan fingerprint density at radius 2 is 2.23 bits per heavy atom. The molecule has 0 spiro atoms. The zero-order valence-electron chi connectivity index (χ0n) is 13.6. The fourth-order valence-electron chi connectivity index (χ4n) is 3.33. The van der Waals surface area contributed by atoms with E-state index >= 15 is 0 Å². The normalized spacial score (nSPS) is 21.5. The maximum Gasteiger partial charge on any atom is 0.0906 e. The predicted octanol–water partition coefficient (Wildman–Crippen LogP) is 4.00. The molecule has 1 aromatic rings. The fourth-order valence-corrected chi connectivity index (χ4v) is 3.33. The average molecular weight is 295 g/mol. The minimum absolute atomic E-state index is 0.830. The number of piperidine rings is 1. The van der Waals surface area contributed by atoms with Crippen molar-refractivity contribution in [2.75, 3.05) is 18.0 Å². The van der Waals surface area contributed by atoms with Crippen molar-refractivity contribution in [2.45, 2.75) is 33.1 Å². The molecule has 116 valence electrons. The van der Waals surface area contributed by atoms with Gasteiger partial charge in [-0.3, -0.25) is 5.43 Å². The molecule has 3 nitrogen and oxygen atoms in total. The molecule has 0 amide bonds. The molecule has 1 N–H and O–H groups in total. The number of nitrogens with one attached hydrogen (secondary N) is 1. The van der Waals surface area contributed by atoms with Gasteiger partial charge in [-0.2, -0.15) is 5.10 Å². The Labute approximate surface area is 133 Å². The van der Waals surface area contributed by atoms with Crippen LogP contribution in [0.5, 0.6) is 0 Å². The molecule has 0 bridgehead atoms. The summed E-state index contributed by atoms with van der Waals surface area (Å²) in [5.41, 5.74) is 8.59. The topological polar surface area (TPSA) is 27.6 Å². The van der Waals surface area contributed by atoms with Gasteiger partial charge in [-0.15, -0.1) is 0 Å². The van der Waals surface area contributed by atoms with Gasteiger partial charge in [0, 0.05) is 30.0 Å². The highest BCUT2D eigenvalue weighted by Crippen LogP contribution is 2.28. The van der Waals surface area contributed by atoms with Crippen LogP contribution in [0.1, 0.15) is 37.3 Å². The van der Waals surface area contributed by atoms with Crippen LogP contribution in [0.2, 0.25) is 0 Å². The van der Waals surface area contributed by atoms with Crippen LogP contribution in [0, 0.1) is 12.8 Å². The van der Waals surface area contributed by atoms with E-state index in [9.17, 15) is 0 Å². The lowest BCUT2D eigenvalue weighted by Crippen LogP contribution is -2.35. The highest BCUT2D eigenvalue weighted by molar-refractivity contribution is 6.09. The molecule has 1 fully saturated rings. The Morgan fingerprint density at radius 1 is 1.36 bits per heavy atom. The van der Waals surface area contributed by atoms with Gasteiger partial charge in [0.1, 0.15) is 0 Å². The second kappa shape index (κ2) is 6.39. The summed E-state index contributed by atoms with van der Waals surface area (Å²) in [4.78, 5) is 2.55. The van der Waals surface area contributed by atoms with Gasteiger partial charge in [0.05, 0.1) is 5.71 Å². The number of nitrogens with zero attached hydrogens (tertiary/aromatic N) is 2. The van der Waals surface area contributed by atoms with Crippen LogP contribution in [0.15, 0.2) is 47.7 Å². The van der Waals surface area contributed by atoms with Gasteiger partial charge < -0.3 is 4.90 Å². The monoisotopic (exact) mass is 295 g/mol. The highest BCUT2D eigenvalue weighted by atomic mass is 15.3. The van der Waals surface area contributed by atoms with E-state index in [4.69, 9.17) is 0 Å². The molecule has 22 heavy (non-hydrogen) atoms. The van der Waals surface area contributed by atoms with E-state index in [-0.39, 0.29) is 0 Å². The number of aryl methyl sites for hydroxylation is 1. The largest absolute Gasteiger partial charge is 0.371 e. The minimum atomic E-state index is 0.830. The van der Waals surface area contributed by atoms with Gasteiger partial charge in [0.15, 0.2) is 0 Å². The summed E-state index contributed by atoms with van der Waals surface area (Å²) >= 11 is 0. The van der Waals surface area contributed by atoms with Crippen LogP contribution in [-0.2, 0) is 0 Å². The van der Waals surface area contributed by atoms with Crippen LogP contribution in [0.4, 0.5) is 5.69 Å². The highest BCUT2D eigenvalue weighted by Gasteiger charge is 2.20. The summed E-state index contributed by atoms with van der Waals surface area (Å²) in [5.74, 6) is 0.841. The van der Waals surface area contributed by atoms with Crippen LogP contribution in [-0.4, -0.2) is 18.8 Å². The number of hydrogen-bond donors (Lipinski definition) is 1. The van der Waals surface area contributed by atoms with E-state index in [1.807, 2.05) is 12.2 Å². The van der Waals surface area contributed by atoms with Gasteiger partial charge >= 0.3 is 0 Å². The first-order valence-electron chi connectivity index (χ1n) is 8.24. The summed E-state index contributed by atoms with van der Waals surface area (Å²) in [6.45, 7) is 10.7. The molecule has 2 heterocycles. The third-order valence-electron chi connectivity index (χ3n) is 4.69. The quantitative estimate of drug-likeness (QED) is 0.912. The molecule has 1 atom stereocenters. The molecule has 0 aliphatic carbocycles. The summed E-state index contributed by atoms with van der Waals surface area (Å²) in [7, 11) is 0. The number of benzene rings is 1. The average Bonchev–Trinajstić information content (AvgIpc) is 2.55. The van der Waals surface area contributed by atoms with Crippen molar-refractivity contribution < 1.29 is 0 Å². The molecule has 1 saturated heterocycles.